The van der Waals surface area contributed by atoms with Crippen LogP contribution in [0.15, 0.2) is 48.5 Å². The summed E-state index contributed by atoms with van der Waals surface area (Å²) >= 11 is 0. The lowest BCUT2D eigenvalue weighted by Gasteiger charge is -2.11. The molecule has 0 radical (unpaired) electrons. The summed E-state index contributed by atoms with van der Waals surface area (Å²) in [6.07, 6.45) is 0. The van der Waals surface area contributed by atoms with Gasteiger partial charge < -0.3 is 15.4 Å². The lowest BCUT2D eigenvalue weighted by molar-refractivity contribution is 0.102. The van der Waals surface area contributed by atoms with Crippen molar-refractivity contribution in [1.29, 1.82) is 0 Å². The first kappa shape index (κ1) is 18.4. The molecule has 1 amide bonds. The van der Waals surface area contributed by atoms with Gasteiger partial charge in [0.1, 0.15) is 5.75 Å². The average molecular weight is 362 g/mol. The molecule has 1 aromatic heterocycles. The first-order valence-electron chi connectivity index (χ1n) is 8.59. The van der Waals surface area contributed by atoms with Gasteiger partial charge in [-0.05, 0) is 73.9 Å². The number of aromatic nitrogens is 2. The number of benzene rings is 2. The predicted octanol–water partition coefficient (Wildman–Crippen LogP) is 4.41. The summed E-state index contributed by atoms with van der Waals surface area (Å²) in [5, 5.41) is 14.1. The molecule has 6 nitrogen and oxygen atoms in total. The van der Waals surface area contributed by atoms with E-state index in [2.05, 4.69) is 26.9 Å². The molecule has 0 aliphatic rings. The molecule has 138 valence electrons. The fourth-order valence-electron chi connectivity index (χ4n) is 2.82. The number of hydrogen-bond donors (Lipinski definition) is 2. The summed E-state index contributed by atoms with van der Waals surface area (Å²) in [5.41, 5.74) is 5.10. The van der Waals surface area contributed by atoms with Crippen molar-refractivity contribution in [3.8, 4) is 5.75 Å². The van der Waals surface area contributed by atoms with E-state index in [0.29, 0.717) is 17.3 Å². The van der Waals surface area contributed by atoms with Crippen molar-refractivity contribution in [3.63, 3.8) is 0 Å². The minimum absolute atomic E-state index is 0.226. The maximum atomic E-state index is 12.5. The molecule has 0 unspecified atom stereocenters. The van der Waals surface area contributed by atoms with Gasteiger partial charge in [-0.3, -0.25) is 4.79 Å². The third kappa shape index (κ3) is 4.61. The van der Waals surface area contributed by atoms with Gasteiger partial charge in [0, 0.05) is 5.69 Å². The number of aryl methyl sites for hydroxylation is 3. The van der Waals surface area contributed by atoms with Crippen molar-refractivity contribution in [1.82, 2.24) is 10.2 Å². The molecule has 0 spiro atoms. The fourth-order valence-corrected chi connectivity index (χ4v) is 2.82. The molecule has 0 atom stereocenters. The molecule has 27 heavy (non-hydrogen) atoms. The van der Waals surface area contributed by atoms with Gasteiger partial charge in [0.25, 0.3) is 5.91 Å². The van der Waals surface area contributed by atoms with E-state index in [4.69, 9.17) is 4.74 Å². The fraction of sp³-hybridized carbons (Fsp3) is 0.190. The second-order valence-electron chi connectivity index (χ2n) is 6.46. The Hall–Kier alpha value is -3.41. The van der Waals surface area contributed by atoms with E-state index >= 15 is 0 Å². The van der Waals surface area contributed by atoms with Gasteiger partial charge in [0.2, 0.25) is 0 Å². The zero-order valence-corrected chi connectivity index (χ0v) is 15.8. The molecule has 2 aromatic carbocycles. The Labute approximate surface area is 158 Å². The number of rotatable bonds is 5. The van der Waals surface area contributed by atoms with Gasteiger partial charge >= 0.3 is 0 Å². The number of carbonyl (C=O) groups excluding carboxylic acids is 1. The van der Waals surface area contributed by atoms with Gasteiger partial charge in [-0.25, -0.2) is 0 Å². The molecular weight excluding hydrogens is 340 g/mol. The number of hydrogen-bond acceptors (Lipinski definition) is 5. The van der Waals surface area contributed by atoms with Gasteiger partial charge in [-0.2, -0.15) is 0 Å². The first-order chi connectivity index (χ1) is 12.9. The standard InChI is InChI=1S/C21H22N4O2/c1-13-5-7-19(27-4)18(12-13)23-21(26)17-6-8-20(25-24-17)22-16-10-14(2)9-15(3)11-16/h5-12H,1-4H3,(H,22,25)(H,23,26). The summed E-state index contributed by atoms with van der Waals surface area (Å²) in [7, 11) is 1.56. The zero-order chi connectivity index (χ0) is 19.4. The smallest absolute Gasteiger partial charge is 0.276 e. The summed E-state index contributed by atoms with van der Waals surface area (Å²) in [6.45, 7) is 6.02. The van der Waals surface area contributed by atoms with E-state index in [0.717, 1.165) is 22.4 Å². The molecule has 0 aliphatic heterocycles. The highest BCUT2D eigenvalue weighted by molar-refractivity contribution is 6.03. The highest BCUT2D eigenvalue weighted by atomic mass is 16.5. The van der Waals surface area contributed by atoms with Crippen LogP contribution < -0.4 is 15.4 Å². The van der Waals surface area contributed by atoms with Gasteiger partial charge in [0.05, 0.1) is 12.8 Å². The Balaban J connectivity index is 1.73. The lowest BCUT2D eigenvalue weighted by atomic mass is 10.1. The lowest BCUT2D eigenvalue weighted by Crippen LogP contribution is -2.15. The third-order valence-electron chi connectivity index (χ3n) is 3.99. The normalized spacial score (nSPS) is 10.4. The molecule has 0 bridgehead atoms. The highest BCUT2D eigenvalue weighted by Crippen LogP contribution is 2.25. The second-order valence-corrected chi connectivity index (χ2v) is 6.46. The SMILES string of the molecule is COc1ccc(C)cc1NC(=O)c1ccc(Nc2cc(C)cc(C)c2)nn1. The van der Waals surface area contributed by atoms with Crippen LogP contribution in [0.25, 0.3) is 0 Å². The van der Waals surface area contributed by atoms with Crippen LogP contribution >= 0.6 is 0 Å². The number of methoxy groups -OCH3 is 1. The number of amides is 1. The molecule has 0 saturated heterocycles. The second kappa shape index (κ2) is 7.86. The number of carbonyl (C=O) groups is 1. The van der Waals surface area contributed by atoms with Crippen LogP contribution in [0.3, 0.4) is 0 Å². The topological polar surface area (TPSA) is 76.1 Å². The van der Waals surface area contributed by atoms with Crippen molar-refractivity contribution in [2.75, 3.05) is 17.7 Å². The average Bonchev–Trinajstić information content (AvgIpc) is 2.61. The van der Waals surface area contributed by atoms with E-state index in [1.807, 2.05) is 51.1 Å². The van der Waals surface area contributed by atoms with Crippen LogP contribution in [0.5, 0.6) is 5.75 Å². The maximum Gasteiger partial charge on any atom is 0.276 e. The largest absolute Gasteiger partial charge is 0.495 e. The Morgan fingerprint density at radius 3 is 2.26 bits per heavy atom. The maximum absolute atomic E-state index is 12.5. The number of anilines is 3. The van der Waals surface area contributed by atoms with Crippen molar-refractivity contribution >= 4 is 23.1 Å². The molecule has 2 N–H and O–H groups in total. The van der Waals surface area contributed by atoms with E-state index < -0.39 is 0 Å². The molecular formula is C21H22N4O2. The van der Waals surface area contributed by atoms with Gasteiger partial charge in [0.15, 0.2) is 11.5 Å². The Morgan fingerprint density at radius 2 is 1.63 bits per heavy atom. The summed E-state index contributed by atoms with van der Waals surface area (Å²) < 4.78 is 5.28. The van der Waals surface area contributed by atoms with Crippen molar-refractivity contribution < 1.29 is 9.53 Å². The molecule has 1 heterocycles. The van der Waals surface area contributed by atoms with Crippen LogP contribution in [-0.2, 0) is 0 Å². The zero-order valence-electron chi connectivity index (χ0n) is 15.8. The third-order valence-corrected chi connectivity index (χ3v) is 3.99. The number of nitrogens with zero attached hydrogens (tertiary/aromatic N) is 2. The summed E-state index contributed by atoms with van der Waals surface area (Å²) in [4.78, 5) is 12.5. The van der Waals surface area contributed by atoms with Gasteiger partial charge in [-0.15, -0.1) is 10.2 Å². The monoisotopic (exact) mass is 362 g/mol. The molecule has 3 rings (SSSR count). The Bertz CT molecular complexity index is 948. The van der Waals surface area contributed by atoms with Gasteiger partial charge in [-0.1, -0.05) is 12.1 Å². The van der Waals surface area contributed by atoms with E-state index in [1.54, 1.807) is 19.2 Å². The molecule has 3 aromatic rings. The quantitative estimate of drug-likeness (QED) is 0.703. The molecule has 0 aliphatic carbocycles. The minimum atomic E-state index is -0.343. The van der Waals surface area contributed by atoms with Crippen LogP contribution in [0, 0.1) is 20.8 Å². The van der Waals surface area contributed by atoms with Crippen molar-refractivity contribution in [2.24, 2.45) is 0 Å². The first-order valence-corrected chi connectivity index (χ1v) is 8.59. The van der Waals surface area contributed by atoms with E-state index in [9.17, 15) is 4.79 Å². The minimum Gasteiger partial charge on any atom is -0.495 e. The highest BCUT2D eigenvalue weighted by Gasteiger charge is 2.12. The van der Waals surface area contributed by atoms with Crippen LogP contribution in [0.4, 0.5) is 17.2 Å². The number of nitrogens with one attached hydrogen (secondary N) is 2. The van der Waals surface area contributed by atoms with Crippen molar-refractivity contribution in [3.05, 3.63) is 70.9 Å². The van der Waals surface area contributed by atoms with Crippen LogP contribution in [0.2, 0.25) is 0 Å². The molecule has 6 heteroatoms. The summed E-state index contributed by atoms with van der Waals surface area (Å²) in [5.74, 6) is 0.823. The predicted molar refractivity (Wildman–Crippen MR) is 107 cm³/mol. The van der Waals surface area contributed by atoms with E-state index in [-0.39, 0.29) is 11.6 Å². The van der Waals surface area contributed by atoms with Crippen LogP contribution in [-0.4, -0.2) is 23.2 Å². The molecule has 0 fully saturated rings. The van der Waals surface area contributed by atoms with Crippen LogP contribution in [0.1, 0.15) is 27.2 Å². The Kier molecular flexibility index (Phi) is 5.35. The summed E-state index contributed by atoms with van der Waals surface area (Å²) in [6, 6.07) is 15.1. The molecule has 0 saturated carbocycles. The van der Waals surface area contributed by atoms with E-state index in [1.165, 1.54) is 0 Å². The van der Waals surface area contributed by atoms with Crippen molar-refractivity contribution in [2.45, 2.75) is 20.8 Å². The Morgan fingerprint density at radius 1 is 0.889 bits per heavy atom. The number of ether oxygens (including phenoxy) is 1.